The zero-order valence-electron chi connectivity index (χ0n) is 13.3. The van der Waals surface area contributed by atoms with Gasteiger partial charge >= 0.3 is 0 Å². The van der Waals surface area contributed by atoms with Gasteiger partial charge in [-0.1, -0.05) is 18.9 Å². The normalized spacial score (nSPS) is 21.2. The van der Waals surface area contributed by atoms with E-state index in [0.717, 1.165) is 19.3 Å². The number of hydrogen-bond acceptors (Lipinski definition) is 3. The van der Waals surface area contributed by atoms with E-state index in [2.05, 4.69) is 5.32 Å². The maximum absolute atomic E-state index is 12.4. The van der Waals surface area contributed by atoms with Gasteiger partial charge in [0.25, 0.3) is 11.8 Å². The van der Waals surface area contributed by atoms with E-state index < -0.39 is 0 Å². The van der Waals surface area contributed by atoms with Crippen LogP contribution in [0.1, 0.15) is 46.4 Å². The molecule has 5 nitrogen and oxygen atoms in total. The van der Waals surface area contributed by atoms with E-state index in [-0.39, 0.29) is 17.9 Å². The molecule has 1 aliphatic carbocycles. The van der Waals surface area contributed by atoms with Gasteiger partial charge in [-0.15, -0.1) is 0 Å². The Kier molecular flexibility index (Phi) is 5.55. The molecule has 22 heavy (non-hydrogen) atoms. The first kappa shape index (κ1) is 16.5. The molecular formula is C17H25N3O2. The first-order valence-electron chi connectivity index (χ1n) is 7.85. The standard InChI is InChI=1S/C17H25N3O2/c1-20(2)17(22)13-8-5-7-12(10-13)16(21)19-15-9-4-3-6-14(15)11-18/h5,7-8,10,14-15H,3-4,6,9,11,18H2,1-2H3,(H,19,21). The predicted molar refractivity (Wildman–Crippen MR) is 86.7 cm³/mol. The molecule has 1 saturated carbocycles. The Morgan fingerprint density at radius 3 is 2.59 bits per heavy atom. The first-order valence-corrected chi connectivity index (χ1v) is 7.85. The minimum absolute atomic E-state index is 0.104. The van der Waals surface area contributed by atoms with Gasteiger partial charge in [0.1, 0.15) is 0 Å². The molecule has 0 aliphatic heterocycles. The summed E-state index contributed by atoms with van der Waals surface area (Å²) in [6.07, 6.45) is 4.35. The first-order chi connectivity index (χ1) is 10.5. The molecule has 1 aromatic carbocycles. The van der Waals surface area contributed by atoms with Gasteiger partial charge in [-0.3, -0.25) is 9.59 Å². The number of carbonyl (C=O) groups excluding carboxylic acids is 2. The smallest absolute Gasteiger partial charge is 0.253 e. The Labute approximate surface area is 131 Å². The van der Waals surface area contributed by atoms with Gasteiger partial charge in [-0.25, -0.2) is 0 Å². The van der Waals surface area contributed by atoms with Crippen LogP contribution in [-0.2, 0) is 0 Å². The van der Waals surface area contributed by atoms with Crippen molar-refractivity contribution < 1.29 is 9.59 Å². The molecule has 1 aliphatic rings. The van der Waals surface area contributed by atoms with E-state index >= 15 is 0 Å². The van der Waals surface area contributed by atoms with Crippen LogP contribution in [-0.4, -0.2) is 43.4 Å². The number of rotatable bonds is 4. The molecule has 3 N–H and O–H groups in total. The summed E-state index contributed by atoms with van der Waals surface area (Å²) in [6, 6.07) is 6.99. The van der Waals surface area contributed by atoms with Gasteiger partial charge in [0.2, 0.25) is 0 Å². The summed E-state index contributed by atoms with van der Waals surface area (Å²) in [5.41, 5.74) is 6.85. The summed E-state index contributed by atoms with van der Waals surface area (Å²) in [6.45, 7) is 0.601. The van der Waals surface area contributed by atoms with Crippen LogP contribution in [0, 0.1) is 5.92 Å². The molecule has 1 fully saturated rings. The number of carbonyl (C=O) groups is 2. The third-order valence-corrected chi connectivity index (χ3v) is 4.31. The van der Waals surface area contributed by atoms with E-state index in [9.17, 15) is 9.59 Å². The van der Waals surface area contributed by atoms with Gasteiger partial charge in [-0.05, 0) is 43.5 Å². The number of nitrogens with two attached hydrogens (primary N) is 1. The van der Waals surface area contributed by atoms with Crippen molar-refractivity contribution in [2.75, 3.05) is 20.6 Å². The van der Waals surface area contributed by atoms with Gasteiger partial charge in [0.15, 0.2) is 0 Å². The van der Waals surface area contributed by atoms with E-state index in [1.807, 2.05) is 0 Å². The Morgan fingerprint density at radius 2 is 1.91 bits per heavy atom. The number of nitrogens with zero attached hydrogens (tertiary/aromatic N) is 1. The van der Waals surface area contributed by atoms with Crippen molar-refractivity contribution in [2.24, 2.45) is 11.7 Å². The number of hydrogen-bond donors (Lipinski definition) is 2. The van der Waals surface area contributed by atoms with Crippen LogP contribution in [0.15, 0.2) is 24.3 Å². The second kappa shape index (κ2) is 7.40. The second-order valence-electron chi connectivity index (χ2n) is 6.14. The van der Waals surface area contributed by atoms with Crippen LogP contribution >= 0.6 is 0 Å². The zero-order valence-corrected chi connectivity index (χ0v) is 13.3. The molecule has 1 aromatic rings. The van der Waals surface area contributed by atoms with Crippen molar-refractivity contribution in [1.29, 1.82) is 0 Å². The molecule has 0 saturated heterocycles. The highest BCUT2D eigenvalue weighted by molar-refractivity contribution is 5.99. The summed E-state index contributed by atoms with van der Waals surface area (Å²) in [4.78, 5) is 25.9. The van der Waals surface area contributed by atoms with Crippen molar-refractivity contribution in [1.82, 2.24) is 10.2 Å². The predicted octanol–water partition coefficient (Wildman–Crippen LogP) is 1.64. The van der Waals surface area contributed by atoms with Crippen LogP contribution in [0.25, 0.3) is 0 Å². The van der Waals surface area contributed by atoms with Crippen LogP contribution in [0.3, 0.4) is 0 Å². The minimum Gasteiger partial charge on any atom is -0.349 e. The van der Waals surface area contributed by atoms with Crippen molar-refractivity contribution >= 4 is 11.8 Å². The SMILES string of the molecule is CN(C)C(=O)c1cccc(C(=O)NC2CCCCC2CN)c1. The van der Waals surface area contributed by atoms with Gasteiger partial charge in [0.05, 0.1) is 0 Å². The topological polar surface area (TPSA) is 75.4 Å². The molecule has 0 aromatic heterocycles. The minimum atomic E-state index is -0.126. The molecular weight excluding hydrogens is 278 g/mol. The zero-order chi connectivity index (χ0) is 16.1. The van der Waals surface area contributed by atoms with E-state index in [1.54, 1.807) is 38.4 Å². The van der Waals surface area contributed by atoms with E-state index in [1.165, 1.54) is 11.3 Å². The fourth-order valence-corrected chi connectivity index (χ4v) is 2.98. The number of benzene rings is 1. The highest BCUT2D eigenvalue weighted by Gasteiger charge is 2.25. The highest BCUT2D eigenvalue weighted by Crippen LogP contribution is 2.23. The van der Waals surface area contributed by atoms with Crippen molar-refractivity contribution in [3.63, 3.8) is 0 Å². The van der Waals surface area contributed by atoms with Crippen molar-refractivity contribution in [3.05, 3.63) is 35.4 Å². The summed E-state index contributed by atoms with van der Waals surface area (Å²) in [5, 5.41) is 3.09. The third kappa shape index (κ3) is 3.85. The lowest BCUT2D eigenvalue weighted by Crippen LogP contribution is -2.44. The fourth-order valence-electron chi connectivity index (χ4n) is 2.98. The van der Waals surface area contributed by atoms with Gasteiger partial charge in [0, 0.05) is 31.3 Å². The van der Waals surface area contributed by atoms with Crippen LogP contribution in [0.4, 0.5) is 0 Å². The maximum atomic E-state index is 12.4. The lowest BCUT2D eigenvalue weighted by Gasteiger charge is -2.31. The molecule has 2 unspecified atom stereocenters. The number of nitrogens with one attached hydrogen (secondary N) is 1. The Balaban J connectivity index is 2.09. The van der Waals surface area contributed by atoms with Crippen molar-refractivity contribution in [2.45, 2.75) is 31.7 Å². The highest BCUT2D eigenvalue weighted by atomic mass is 16.2. The summed E-state index contributed by atoms with van der Waals surface area (Å²) in [7, 11) is 3.39. The summed E-state index contributed by atoms with van der Waals surface area (Å²) in [5.74, 6) is 0.121. The molecule has 2 amide bonds. The maximum Gasteiger partial charge on any atom is 0.253 e. The van der Waals surface area contributed by atoms with E-state index in [0.29, 0.717) is 23.6 Å². The van der Waals surface area contributed by atoms with Gasteiger partial charge < -0.3 is 16.0 Å². The largest absolute Gasteiger partial charge is 0.349 e. The quantitative estimate of drug-likeness (QED) is 0.888. The average Bonchev–Trinajstić information content (AvgIpc) is 2.54. The lowest BCUT2D eigenvalue weighted by molar-refractivity contribution is 0.0827. The summed E-state index contributed by atoms with van der Waals surface area (Å²) < 4.78 is 0. The van der Waals surface area contributed by atoms with Gasteiger partial charge in [-0.2, -0.15) is 0 Å². The molecule has 0 spiro atoms. The monoisotopic (exact) mass is 303 g/mol. The Bertz CT molecular complexity index is 542. The second-order valence-corrected chi connectivity index (χ2v) is 6.14. The van der Waals surface area contributed by atoms with Crippen LogP contribution < -0.4 is 11.1 Å². The molecule has 2 rings (SSSR count). The number of amides is 2. The summed E-state index contributed by atoms with van der Waals surface area (Å²) >= 11 is 0. The van der Waals surface area contributed by atoms with Crippen LogP contribution in [0.5, 0.6) is 0 Å². The third-order valence-electron chi connectivity index (χ3n) is 4.31. The van der Waals surface area contributed by atoms with Crippen molar-refractivity contribution in [3.8, 4) is 0 Å². The molecule has 5 heteroatoms. The van der Waals surface area contributed by atoms with Crippen LogP contribution in [0.2, 0.25) is 0 Å². The molecule has 0 heterocycles. The molecule has 2 atom stereocenters. The fraction of sp³-hybridized carbons (Fsp3) is 0.529. The molecule has 120 valence electrons. The molecule has 0 radical (unpaired) electrons. The Morgan fingerprint density at radius 1 is 1.23 bits per heavy atom. The van der Waals surface area contributed by atoms with E-state index in [4.69, 9.17) is 5.73 Å². The molecule has 0 bridgehead atoms. The Hall–Kier alpha value is -1.88. The lowest BCUT2D eigenvalue weighted by atomic mass is 9.84. The average molecular weight is 303 g/mol.